The van der Waals surface area contributed by atoms with Crippen molar-refractivity contribution >= 4 is 40.3 Å². The number of esters is 1. The number of hydrogen-bond donors (Lipinski definition) is 0. The molecule has 4 aromatic rings. The normalized spacial score (nSPS) is 13.9. The molecular formula is C31H24ClNO3. The Balaban J connectivity index is 1.61. The van der Waals surface area contributed by atoms with Crippen LogP contribution in [0.1, 0.15) is 32.6 Å². The van der Waals surface area contributed by atoms with Gasteiger partial charge >= 0.3 is 5.97 Å². The van der Waals surface area contributed by atoms with Gasteiger partial charge in [0.05, 0.1) is 30.5 Å². The van der Waals surface area contributed by atoms with Gasteiger partial charge in [-0.05, 0) is 59.0 Å². The fourth-order valence-corrected chi connectivity index (χ4v) is 4.73. The van der Waals surface area contributed by atoms with Crippen molar-refractivity contribution in [3.8, 4) is 0 Å². The molecule has 0 aromatic heterocycles. The predicted octanol–water partition coefficient (Wildman–Crippen LogP) is 6.83. The summed E-state index contributed by atoms with van der Waals surface area (Å²) in [6.07, 6.45) is 0.586. The van der Waals surface area contributed by atoms with Gasteiger partial charge in [-0.3, -0.25) is 4.79 Å². The van der Waals surface area contributed by atoms with Crippen molar-refractivity contribution in [2.45, 2.75) is 13.0 Å². The van der Waals surface area contributed by atoms with Crippen LogP contribution >= 0.6 is 11.6 Å². The number of amides is 1. The van der Waals surface area contributed by atoms with E-state index in [-0.39, 0.29) is 5.91 Å². The van der Waals surface area contributed by atoms with Gasteiger partial charge in [-0.15, -0.1) is 0 Å². The number of rotatable bonds is 6. The summed E-state index contributed by atoms with van der Waals surface area (Å²) >= 11 is 6.12. The monoisotopic (exact) mass is 493 g/mol. The van der Waals surface area contributed by atoms with E-state index in [0.717, 1.165) is 33.5 Å². The predicted molar refractivity (Wildman–Crippen MR) is 144 cm³/mol. The molecule has 0 bridgehead atoms. The van der Waals surface area contributed by atoms with E-state index in [1.165, 1.54) is 7.11 Å². The SMILES string of the molecule is COC(=O)c1cccc(CN2C(=O)/C(=C(/Cc3ccc(Cl)cc3)c3ccccc3)c3ccccc32)c1. The van der Waals surface area contributed by atoms with E-state index in [1.54, 1.807) is 23.1 Å². The zero-order chi connectivity index (χ0) is 25.1. The molecule has 1 amide bonds. The largest absolute Gasteiger partial charge is 0.465 e. The van der Waals surface area contributed by atoms with Gasteiger partial charge in [-0.1, -0.05) is 84.4 Å². The maximum atomic E-state index is 14.1. The Morgan fingerprint density at radius 1 is 0.806 bits per heavy atom. The molecule has 5 rings (SSSR count). The molecule has 5 heteroatoms. The fraction of sp³-hybridized carbons (Fsp3) is 0.0968. The van der Waals surface area contributed by atoms with Crippen molar-refractivity contribution in [1.82, 2.24) is 0 Å². The summed E-state index contributed by atoms with van der Waals surface area (Å²) in [4.78, 5) is 27.9. The molecule has 1 aliphatic heterocycles. The van der Waals surface area contributed by atoms with Crippen LogP contribution in [0.25, 0.3) is 11.1 Å². The van der Waals surface area contributed by atoms with Crippen molar-refractivity contribution in [2.75, 3.05) is 12.0 Å². The number of benzene rings is 4. The first-order valence-electron chi connectivity index (χ1n) is 11.7. The summed E-state index contributed by atoms with van der Waals surface area (Å²) in [5.74, 6) is -0.465. The molecule has 0 N–H and O–H groups in total. The number of methoxy groups -OCH3 is 1. The molecule has 0 fully saturated rings. The third kappa shape index (κ3) is 4.68. The standard InChI is InChI=1S/C31H24ClNO3/c1-36-31(35)24-11-7-8-22(18-24)20-33-28-13-6-5-12-26(28)29(30(33)34)27(23-9-3-2-4-10-23)19-21-14-16-25(32)17-15-21/h2-18H,19-20H2,1H3/b29-27-. The zero-order valence-electron chi connectivity index (χ0n) is 19.8. The second-order valence-electron chi connectivity index (χ2n) is 8.62. The van der Waals surface area contributed by atoms with Crippen molar-refractivity contribution in [2.24, 2.45) is 0 Å². The first-order chi connectivity index (χ1) is 17.5. The molecule has 0 spiro atoms. The van der Waals surface area contributed by atoms with Gasteiger partial charge in [0.25, 0.3) is 5.91 Å². The quantitative estimate of drug-likeness (QED) is 0.218. The third-order valence-corrected chi connectivity index (χ3v) is 6.58. The second kappa shape index (κ2) is 10.2. The number of nitrogens with zero attached hydrogens (tertiary/aromatic N) is 1. The summed E-state index contributed by atoms with van der Waals surface area (Å²) < 4.78 is 4.86. The molecule has 36 heavy (non-hydrogen) atoms. The number of ether oxygens (including phenoxy) is 1. The van der Waals surface area contributed by atoms with Crippen LogP contribution in [-0.4, -0.2) is 19.0 Å². The average molecular weight is 494 g/mol. The maximum Gasteiger partial charge on any atom is 0.337 e. The number of halogens is 1. The molecule has 0 radical (unpaired) electrons. The minimum Gasteiger partial charge on any atom is -0.465 e. The molecule has 1 aliphatic rings. The van der Waals surface area contributed by atoms with E-state index in [9.17, 15) is 9.59 Å². The van der Waals surface area contributed by atoms with Gasteiger partial charge in [0.2, 0.25) is 0 Å². The van der Waals surface area contributed by atoms with Crippen LogP contribution in [0.2, 0.25) is 5.02 Å². The molecule has 0 saturated carbocycles. The Morgan fingerprint density at radius 2 is 1.50 bits per heavy atom. The Bertz CT molecular complexity index is 1460. The Labute approximate surface area is 215 Å². The summed E-state index contributed by atoms with van der Waals surface area (Å²) in [5.41, 5.74) is 6.78. The topological polar surface area (TPSA) is 46.6 Å². The van der Waals surface area contributed by atoms with Gasteiger partial charge in [-0.25, -0.2) is 4.79 Å². The maximum absolute atomic E-state index is 14.1. The molecule has 1 heterocycles. The second-order valence-corrected chi connectivity index (χ2v) is 9.06. The van der Waals surface area contributed by atoms with E-state index in [0.29, 0.717) is 29.1 Å². The van der Waals surface area contributed by atoms with Gasteiger partial charge in [0.1, 0.15) is 0 Å². The number of para-hydroxylation sites is 1. The molecule has 178 valence electrons. The average Bonchev–Trinajstić information content (AvgIpc) is 3.19. The highest BCUT2D eigenvalue weighted by atomic mass is 35.5. The first kappa shape index (κ1) is 23.6. The van der Waals surface area contributed by atoms with E-state index >= 15 is 0 Å². The summed E-state index contributed by atoms with van der Waals surface area (Å²) in [6, 6.07) is 32.8. The lowest BCUT2D eigenvalue weighted by molar-refractivity contribution is -0.113. The van der Waals surface area contributed by atoms with E-state index < -0.39 is 5.97 Å². The van der Waals surface area contributed by atoms with Crippen LogP contribution in [0, 0.1) is 0 Å². The molecular weight excluding hydrogens is 470 g/mol. The number of allylic oxidation sites excluding steroid dienone is 1. The summed E-state index contributed by atoms with van der Waals surface area (Å²) in [5, 5.41) is 0.676. The van der Waals surface area contributed by atoms with E-state index in [4.69, 9.17) is 16.3 Å². The molecule has 0 aliphatic carbocycles. The molecule has 0 saturated heterocycles. The fourth-order valence-electron chi connectivity index (χ4n) is 4.61. The molecule has 0 atom stereocenters. The zero-order valence-corrected chi connectivity index (χ0v) is 20.5. The van der Waals surface area contributed by atoms with Crippen LogP contribution < -0.4 is 4.90 Å². The third-order valence-electron chi connectivity index (χ3n) is 6.33. The molecule has 4 aromatic carbocycles. The Morgan fingerprint density at radius 3 is 2.25 bits per heavy atom. The van der Waals surface area contributed by atoms with Crippen LogP contribution in [0.3, 0.4) is 0 Å². The highest BCUT2D eigenvalue weighted by Crippen LogP contribution is 2.42. The van der Waals surface area contributed by atoms with Gasteiger partial charge in [0.15, 0.2) is 0 Å². The molecule has 4 nitrogen and oxygen atoms in total. The van der Waals surface area contributed by atoms with E-state index in [1.807, 2.05) is 84.9 Å². The summed E-state index contributed by atoms with van der Waals surface area (Å²) in [7, 11) is 1.36. The number of hydrogen-bond acceptors (Lipinski definition) is 3. The first-order valence-corrected chi connectivity index (χ1v) is 12.0. The number of anilines is 1. The highest BCUT2D eigenvalue weighted by molar-refractivity contribution is 6.37. The number of carbonyl (C=O) groups excluding carboxylic acids is 2. The van der Waals surface area contributed by atoms with Crippen LogP contribution in [0.5, 0.6) is 0 Å². The highest BCUT2D eigenvalue weighted by Gasteiger charge is 2.34. The summed E-state index contributed by atoms with van der Waals surface area (Å²) in [6.45, 7) is 0.340. The van der Waals surface area contributed by atoms with Gasteiger partial charge in [-0.2, -0.15) is 0 Å². The van der Waals surface area contributed by atoms with Crippen LogP contribution in [0.4, 0.5) is 5.69 Å². The minimum atomic E-state index is -0.403. The van der Waals surface area contributed by atoms with Gasteiger partial charge < -0.3 is 9.64 Å². The van der Waals surface area contributed by atoms with Crippen molar-refractivity contribution in [3.05, 3.63) is 136 Å². The Hall–Kier alpha value is -4.15. The minimum absolute atomic E-state index is 0.0625. The van der Waals surface area contributed by atoms with Crippen LogP contribution in [-0.2, 0) is 22.5 Å². The lowest BCUT2D eigenvalue weighted by Crippen LogP contribution is -2.26. The smallest absolute Gasteiger partial charge is 0.337 e. The van der Waals surface area contributed by atoms with Gasteiger partial charge in [0, 0.05) is 10.6 Å². The molecule has 0 unspecified atom stereocenters. The van der Waals surface area contributed by atoms with E-state index in [2.05, 4.69) is 0 Å². The van der Waals surface area contributed by atoms with Crippen molar-refractivity contribution in [3.63, 3.8) is 0 Å². The number of fused-ring (bicyclic) bond motifs is 1. The van der Waals surface area contributed by atoms with Crippen LogP contribution in [0.15, 0.2) is 103 Å². The number of carbonyl (C=O) groups is 2. The van der Waals surface area contributed by atoms with Crippen molar-refractivity contribution < 1.29 is 14.3 Å². The lowest BCUT2D eigenvalue weighted by atomic mass is 9.90. The Kier molecular flexibility index (Phi) is 6.70. The lowest BCUT2D eigenvalue weighted by Gasteiger charge is -2.18. The van der Waals surface area contributed by atoms with Crippen molar-refractivity contribution in [1.29, 1.82) is 0 Å².